The molecule has 3 rings (SSSR count). The Morgan fingerprint density at radius 3 is 2.92 bits per heavy atom. The maximum atomic E-state index is 12.3. The van der Waals surface area contributed by atoms with Gasteiger partial charge in [-0.3, -0.25) is 0 Å². The van der Waals surface area contributed by atoms with Crippen molar-refractivity contribution in [1.82, 2.24) is 9.88 Å². The molecule has 0 saturated carbocycles. The van der Waals surface area contributed by atoms with Gasteiger partial charge >= 0.3 is 6.09 Å². The molecular weight excluding hydrogens is 318 g/mol. The lowest BCUT2D eigenvalue weighted by Crippen LogP contribution is -2.33. The molecule has 1 aromatic carbocycles. The number of aromatic nitrogens is 1. The van der Waals surface area contributed by atoms with E-state index < -0.39 is 0 Å². The third kappa shape index (κ3) is 4.21. The lowest BCUT2D eigenvalue weighted by molar-refractivity contribution is 0.0960. The molecule has 0 saturated heterocycles. The van der Waals surface area contributed by atoms with Gasteiger partial charge in [0.25, 0.3) is 0 Å². The van der Waals surface area contributed by atoms with Gasteiger partial charge in [0.1, 0.15) is 18.2 Å². The number of rotatable bonds is 4. The molecule has 0 radical (unpaired) electrons. The van der Waals surface area contributed by atoms with Gasteiger partial charge in [-0.05, 0) is 36.2 Å². The van der Waals surface area contributed by atoms with Crippen LogP contribution in [0.5, 0.6) is 5.75 Å². The number of ether oxygens (including phenoxy) is 2. The first-order valence-corrected chi connectivity index (χ1v) is 8.56. The Balaban J connectivity index is 1.78. The minimum Gasteiger partial charge on any atom is -0.491 e. The number of amides is 1. The second kappa shape index (κ2) is 7.88. The summed E-state index contributed by atoms with van der Waals surface area (Å²) in [4.78, 5) is 18.1. The van der Waals surface area contributed by atoms with Gasteiger partial charge in [-0.25, -0.2) is 9.78 Å². The highest BCUT2D eigenvalue weighted by Crippen LogP contribution is 2.29. The summed E-state index contributed by atoms with van der Waals surface area (Å²) < 4.78 is 11.1. The van der Waals surface area contributed by atoms with Crippen LogP contribution in [0.3, 0.4) is 0 Å². The number of hydrogen-bond donors (Lipinski definition) is 1. The second-order valence-corrected chi connectivity index (χ2v) is 6.03. The number of benzene rings is 1. The third-order valence-electron chi connectivity index (χ3n) is 4.14. The molecule has 0 spiro atoms. The van der Waals surface area contributed by atoms with Crippen molar-refractivity contribution in [2.24, 2.45) is 0 Å². The highest BCUT2D eigenvalue weighted by molar-refractivity contribution is 5.69. The van der Waals surface area contributed by atoms with Crippen LogP contribution >= 0.6 is 0 Å². The Morgan fingerprint density at radius 1 is 1.32 bits per heavy atom. The highest BCUT2D eigenvalue weighted by Gasteiger charge is 2.21. The average Bonchev–Trinajstić information content (AvgIpc) is 2.84. The molecule has 132 valence electrons. The van der Waals surface area contributed by atoms with Gasteiger partial charge in [-0.15, -0.1) is 0 Å². The Bertz CT molecular complexity index is 731. The molecule has 0 fully saturated rings. The van der Waals surface area contributed by atoms with Crippen molar-refractivity contribution >= 4 is 11.9 Å². The number of carbonyl (C=O) groups is 1. The number of hydrogen-bond acceptors (Lipinski definition) is 5. The lowest BCUT2D eigenvalue weighted by atomic mass is 10.0. The number of pyridine rings is 1. The highest BCUT2D eigenvalue weighted by atomic mass is 16.6. The smallest absolute Gasteiger partial charge is 0.410 e. The van der Waals surface area contributed by atoms with Crippen LogP contribution in [0.2, 0.25) is 0 Å². The molecule has 1 aliphatic heterocycles. The number of nitrogens with two attached hydrogens (primary N) is 1. The average molecular weight is 341 g/mol. The van der Waals surface area contributed by atoms with Gasteiger partial charge < -0.3 is 20.1 Å². The maximum Gasteiger partial charge on any atom is 0.410 e. The van der Waals surface area contributed by atoms with E-state index in [0.717, 1.165) is 35.3 Å². The number of nitrogens with zero attached hydrogens (tertiary/aromatic N) is 2. The molecule has 25 heavy (non-hydrogen) atoms. The van der Waals surface area contributed by atoms with Crippen LogP contribution in [-0.2, 0) is 11.3 Å². The second-order valence-electron chi connectivity index (χ2n) is 6.03. The Morgan fingerprint density at radius 2 is 2.16 bits per heavy atom. The van der Waals surface area contributed by atoms with E-state index in [1.807, 2.05) is 24.3 Å². The standard InChI is InChI=1S/C19H23N3O3/c1-2-3-9-25-19(23)22-8-10-24-17-6-4-14(11-16(17)13-22)15-5-7-18(20)21-12-15/h4-7,11-12H,2-3,8-10,13H2,1H3,(H2,20,21). The summed E-state index contributed by atoms with van der Waals surface area (Å²) in [6.45, 7) is 3.96. The van der Waals surface area contributed by atoms with E-state index >= 15 is 0 Å². The van der Waals surface area contributed by atoms with Gasteiger partial charge in [0.15, 0.2) is 0 Å². The fourth-order valence-corrected chi connectivity index (χ4v) is 2.70. The summed E-state index contributed by atoms with van der Waals surface area (Å²) in [6.07, 6.45) is 3.33. The summed E-state index contributed by atoms with van der Waals surface area (Å²) >= 11 is 0. The predicted octanol–water partition coefficient (Wildman–Crippen LogP) is 3.46. The maximum absolute atomic E-state index is 12.3. The largest absolute Gasteiger partial charge is 0.491 e. The Hall–Kier alpha value is -2.76. The van der Waals surface area contributed by atoms with Crippen LogP contribution < -0.4 is 10.5 Å². The van der Waals surface area contributed by atoms with E-state index in [4.69, 9.17) is 15.2 Å². The normalized spacial score (nSPS) is 13.6. The quantitative estimate of drug-likeness (QED) is 0.862. The Kier molecular flexibility index (Phi) is 5.38. The molecule has 6 heteroatoms. The fraction of sp³-hybridized carbons (Fsp3) is 0.368. The molecule has 0 aliphatic carbocycles. The van der Waals surface area contributed by atoms with E-state index in [-0.39, 0.29) is 6.09 Å². The van der Waals surface area contributed by atoms with Crippen LogP contribution in [0.25, 0.3) is 11.1 Å². The number of unbranched alkanes of at least 4 members (excludes halogenated alkanes) is 1. The molecule has 2 aromatic rings. The molecular formula is C19H23N3O3. The molecule has 6 nitrogen and oxygen atoms in total. The molecule has 0 bridgehead atoms. The topological polar surface area (TPSA) is 77.7 Å². The number of carbonyl (C=O) groups excluding carboxylic acids is 1. The molecule has 1 amide bonds. The van der Waals surface area contributed by atoms with Crippen LogP contribution in [0.1, 0.15) is 25.3 Å². The summed E-state index contributed by atoms with van der Waals surface area (Å²) in [5.74, 6) is 1.29. The Labute approximate surface area is 147 Å². The zero-order valence-corrected chi connectivity index (χ0v) is 14.4. The molecule has 1 aliphatic rings. The zero-order valence-electron chi connectivity index (χ0n) is 14.4. The summed E-state index contributed by atoms with van der Waals surface area (Å²) in [5.41, 5.74) is 8.59. The summed E-state index contributed by atoms with van der Waals surface area (Å²) in [7, 11) is 0. The third-order valence-corrected chi connectivity index (χ3v) is 4.14. The number of nitrogen functional groups attached to an aromatic ring is 1. The fourth-order valence-electron chi connectivity index (χ4n) is 2.70. The van der Waals surface area contributed by atoms with Gasteiger partial charge in [-0.1, -0.05) is 19.4 Å². The first-order valence-electron chi connectivity index (χ1n) is 8.56. The van der Waals surface area contributed by atoms with E-state index in [1.165, 1.54) is 0 Å². The van der Waals surface area contributed by atoms with Gasteiger partial charge in [0.05, 0.1) is 19.7 Å². The van der Waals surface area contributed by atoms with Crippen molar-refractivity contribution in [2.45, 2.75) is 26.3 Å². The summed E-state index contributed by atoms with van der Waals surface area (Å²) in [5, 5.41) is 0. The molecule has 0 atom stereocenters. The van der Waals surface area contributed by atoms with Crippen molar-refractivity contribution in [1.29, 1.82) is 0 Å². The van der Waals surface area contributed by atoms with Crippen molar-refractivity contribution < 1.29 is 14.3 Å². The molecule has 2 heterocycles. The monoisotopic (exact) mass is 341 g/mol. The van der Waals surface area contributed by atoms with E-state index in [1.54, 1.807) is 17.2 Å². The van der Waals surface area contributed by atoms with E-state index in [9.17, 15) is 4.79 Å². The molecule has 2 N–H and O–H groups in total. The van der Waals surface area contributed by atoms with Crippen molar-refractivity contribution in [3.8, 4) is 16.9 Å². The lowest BCUT2D eigenvalue weighted by Gasteiger charge is -2.19. The van der Waals surface area contributed by atoms with Crippen LogP contribution in [-0.4, -0.2) is 35.7 Å². The molecule has 0 unspecified atom stereocenters. The SMILES string of the molecule is CCCCOC(=O)N1CCOc2ccc(-c3ccc(N)nc3)cc2C1. The van der Waals surface area contributed by atoms with Crippen LogP contribution in [0.15, 0.2) is 36.5 Å². The number of fused-ring (bicyclic) bond motifs is 1. The van der Waals surface area contributed by atoms with Gasteiger partial charge in [0.2, 0.25) is 0 Å². The van der Waals surface area contributed by atoms with Crippen LogP contribution in [0.4, 0.5) is 10.6 Å². The number of anilines is 1. The van der Waals surface area contributed by atoms with Gasteiger partial charge in [-0.2, -0.15) is 0 Å². The predicted molar refractivity (Wildman–Crippen MR) is 96.2 cm³/mol. The van der Waals surface area contributed by atoms with Gasteiger partial charge in [0, 0.05) is 17.3 Å². The van der Waals surface area contributed by atoms with Crippen molar-refractivity contribution in [3.63, 3.8) is 0 Å². The molecule has 1 aromatic heterocycles. The zero-order chi connectivity index (χ0) is 17.6. The minimum absolute atomic E-state index is 0.288. The summed E-state index contributed by atoms with van der Waals surface area (Å²) in [6, 6.07) is 9.65. The minimum atomic E-state index is -0.288. The van der Waals surface area contributed by atoms with E-state index in [2.05, 4.69) is 11.9 Å². The van der Waals surface area contributed by atoms with E-state index in [0.29, 0.717) is 32.1 Å². The van der Waals surface area contributed by atoms with Crippen molar-refractivity contribution in [3.05, 3.63) is 42.1 Å². The first kappa shape index (κ1) is 17.1. The van der Waals surface area contributed by atoms with Crippen molar-refractivity contribution in [2.75, 3.05) is 25.5 Å². The van der Waals surface area contributed by atoms with Crippen LogP contribution in [0, 0.1) is 0 Å². The first-order chi connectivity index (χ1) is 12.2.